The van der Waals surface area contributed by atoms with Crippen LogP contribution in [0.1, 0.15) is 10.4 Å². The fourth-order valence-corrected chi connectivity index (χ4v) is 3.17. The maximum Gasteiger partial charge on any atom is 0.338 e. The van der Waals surface area contributed by atoms with Crippen molar-refractivity contribution in [2.24, 2.45) is 0 Å². The number of benzene rings is 1. The van der Waals surface area contributed by atoms with E-state index in [9.17, 15) is 4.79 Å². The highest BCUT2D eigenvalue weighted by Crippen LogP contribution is 2.22. The van der Waals surface area contributed by atoms with E-state index >= 15 is 0 Å². The lowest BCUT2D eigenvalue weighted by molar-refractivity contribution is 0.0572. The second-order valence-corrected chi connectivity index (χ2v) is 6.10. The lowest BCUT2D eigenvalue weighted by Gasteiger charge is -2.06. The van der Waals surface area contributed by atoms with Gasteiger partial charge in [-0.15, -0.1) is 0 Å². The first-order valence-corrected chi connectivity index (χ1v) is 7.47. The van der Waals surface area contributed by atoms with Crippen molar-refractivity contribution < 1.29 is 9.53 Å². The topological polar surface area (TPSA) is 26.3 Å². The van der Waals surface area contributed by atoms with Crippen molar-refractivity contribution in [2.75, 3.05) is 6.23 Å². The molecule has 0 unspecified atom stereocenters. The average Bonchev–Trinajstić information content (AvgIpc) is 2.11. The van der Waals surface area contributed by atoms with Crippen LogP contribution in [-0.2, 0) is 4.74 Å². The van der Waals surface area contributed by atoms with Crippen LogP contribution in [0.5, 0.6) is 0 Å². The van der Waals surface area contributed by atoms with Gasteiger partial charge in [-0.25, -0.2) is 4.79 Å². The molecule has 0 bridgehead atoms. The molecule has 3 radical (unpaired) electrons. The van der Waals surface area contributed by atoms with E-state index in [1.54, 1.807) is 0 Å². The largest absolute Gasteiger partial charge is 0.467 e. The Balaban J connectivity index is 3.09. The lowest BCUT2D eigenvalue weighted by atomic mass is 10.2. The molecule has 0 aliphatic rings. The van der Waals surface area contributed by atoms with Gasteiger partial charge in [-0.3, -0.25) is 0 Å². The fourth-order valence-electron chi connectivity index (χ4n) is 0.822. The van der Waals surface area contributed by atoms with Crippen LogP contribution in [0.25, 0.3) is 0 Å². The molecule has 0 atom stereocenters. The summed E-state index contributed by atoms with van der Waals surface area (Å²) >= 11 is 6.57. The minimum Gasteiger partial charge on any atom is -0.467 e. The molecule has 6 heteroatoms. The Labute approximate surface area is 126 Å². The Morgan fingerprint density at radius 2 is 1.79 bits per heavy atom. The smallest absolute Gasteiger partial charge is 0.338 e. The van der Waals surface area contributed by atoms with Crippen molar-refractivity contribution in [2.45, 2.75) is 0 Å². The molecule has 0 spiro atoms. The lowest BCUT2D eigenvalue weighted by Crippen LogP contribution is -2.08. The third-order valence-corrected chi connectivity index (χ3v) is 5.29. The van der Waals surface area contributed by atoms with Crippen molar-refractivity contribution in [3.8, 4) is 0 Å². The maximum atomic E-state index is 11.5. The summed E-state index contributed by atoms with van der Waals surface area (Å²) in [5.74, 6) is -0.293. The Kier molecular flexibility index (Phi) is 5.63. The van der Waals surface area contributed by atoms with E-state index in [-0.39, 0.29) is 12.2 Å². The molecule has 0 aromatic heterocycles. The molecule has 0 N–H and O–H groups in total. The van der Waals surface area contributed by atoms with Gasteiger partial charge in [-0.2, -0.15) is 0 Å². The normalized spacial score (nSPS) is 10.0. The SMILES string of the molecule is O=C(OC[Si])c1cc(I)c(I)cc1I. The Hall–Kier alpha value is 1.10. The predicted molar refractivity (Wildman–Crippen MR) is 80.6 cm³/mol. The zero-order valence-corrected chi connectivity index (χ0v) is 14.3. The van der Waals surface area contributed by atoms with Crippen molar-refractivity contribution >= 4 is 84.0 Å². The Morgan fingerprint density at radius 3 is 2.36 bits per heavy atom. The number of esters is 1. The van der Waals surface area contributed by atoms with Crippen molar-refractivity contribution in [3.63, 3.8) is 0 Å². The van der Waals surface area contributed by atoms with Gasteiger partial charge in [-0.05, 0) is 79.9 Å². The number of ether oxygens (including phenoxy) is 1. The predicted octanol–water partition coefficient (Wildman–Crippen LogP) is 2.78. The molecule has 0 saturated heterocycles. The van der Waals surface area contributed by atoms with Crippen LogP contribution in [0.3, 0.4) is 0 Å². The summed E-state index contributed by atoms with van der Waals surface area (Å²) in [5.41, 5.74) is 0.619. The molecule has 0 saturated carbocycles. The third-order valence-electron chi connectivity index (χ3n) is 1.43. The van der Waals surface area contributed by atoms with Crippen LogP contribution in [-0.4, -0.2) is 22.4 Å². The summed E-state index contributed by atoms with van der Waals surface area (Å²) < 4.78 is 7.98. The highest BCUT2D eigenvalue weighted by molar-refractivity contribution is 14.1. The maximum absolute atomic E-state index is 11.5. The van der Waals surface area contributed by atoms with Gasteiger partial charge in [-0.1, -0.05) is 0 Å². The molecule has 14 heavy (non-hydrogen) atoms. The van der Waals surface area contributed by atoms with Gasteiger partial charge in [0.1, 0.15) is 0 Å². The zero-order valence-electron chi connectivity index (χ0n) is 6.81. The summed E-state index contributed by atoms with van der Waals surface area (Å²) in [5, 5.41) is 0. The minimum atomic E-state index is -0.293. The molecule has 0 fully saturated rings. The minimum absolute atomic E-state index is 0.220. The van der Waals surface area contributed by atoms with E-state index in [1.165, 1.54) is 0 Å². The van der Waals surface area contributed by atoms with Crippen molar-refractivity contribution in [3.05, 3.63) is 28.4 Å². The van der Waals surface area contributed by atoms with E-state index in [1.807, 2.05) is 12.1 Å². The van der Waals surface area contributed by atoms with E-state index in [0.29, 0.717) is 5.56 Å². The molecule has 73 valence electrons. The van der Waals surface area contributed by atoms with Gasteiger partial charge < -0.3 is 4.74 Å². The fraction of sp³-hybridized carbons (Fsp3) is 0.125. The molecule has 0 heterocycles. The van der Waals surface area contributed by atoms with Gasteiger partial charge >= 0.3 is 5.97 Å². The van der Waals surface area contributed by atoms with E-state index in [2.05, 4.69) is 78.0 Å². The van der Waals surface area contributed by atoms with Gasteiger partial charge in [0.05, 0.1) is 22.0 Å². The molecule has 1 aromatic carbocycles. The summed E-state index contributed by atoms with van der Waals surface area (Å²) in [6, 6.07) is 3.81. The van der Waals surface area contributed by atoms with Crippen LogP contribution in [0.4, 0.5) is 0 Å². The Bertz CT molecular complexity index is 368. The quantitative estimate of drug-likeness (QED) is 0.250. The summed E-state index contributed by atoms with van der Waals surface area (Å²) in [7, 11) is 3.10. The van der Waals surface area contributed by atoms with Crippen LogP contribution < -0.4 is 0 Å². The van der Waals surface area contributed by atoms with E-state index in [0.717, 1.165) is 10.7 Å². The number of hydrogen-bond donors (Lipinski definition) is 0. The molecule has 0 amide bonds. The highest BCUT2D eigenvalue weighted by atomic mass is 127. The van der Waals surface area contributed by atoms with Crippen LogP contribution >= 0.6 is 67.8 Å². The molecular weight excluding hydrogens is 537 g/mol. The van der Waals surface area contributed by atoms with Gasteiger partial charge in [0.25, 0.3) is 0 Å². The first-order valence-electron chi connectivity index (χ1n) is 3.52. The number of carbonyl (C=O) groups is 1. The van der Waals surface area contributed by atoms with Crippen LogP contribution in [0.15, 0.2) is 12.1 Å². The number of carbonyl (C=O) groups excluding carboxylic acids is 1. The third kappa shape index (κ3) is 3.30. The first-order chi connectivity index (χ1) is 6.56. The zero-order chi connectivity index (χ0) is 10.7. The molecule has 1 aromatic rings. The average molecular weight is 541 g/mol. The molecule has 0 aliphatic heterocycles. The standard InChI is InChI=1S/C8H4I3O2Si/c9-5-2-7(11)6(10)1-4(5)8(12)13-3-14/h1-2H,3H2. The second kappa shape index (κ2) is 5.99. The molecule has 2 nitrogen and oxygen atoms in total. The summed E-state index contributed by atoms with van der Waals surface area (Å²) in [4.78, 5) is 11.5. The van der Waals surface area contributed by atoms with Gasteiger partial charge in [0, 0.05) is 10.7 Å². The summed E-state index contributed by atoms with van der Waals surface area (Å²) in [6.07, 6.45) is 0.220. The number of halogens is 3. The molecule has 0 aliphatic carbocycles. The molecular formula is C8H4I3O2Si. The van der Waals surface area contributed by atoms with E-state index in [4.69, 9.17) is 4.74 Å². The molecule has 1 rings (SSSR count). The second-order valence-electron chi connectivity index (χ2n) is 2.32. The van der Waals surface area contributed by atoms with Gasteiger partial charge in [0.15, 0.2) is 0 Å². The van der Waals surface area contributed by atoms with Gasteiger partial charge in [0.2, 0.25) is 0 Å². The van der Waals surface area contributed by atoms with Crippen LogP contribution in [0.2, 0.25) is 0 Å². The van der Waals surface area contributed by atoms with E-state index < -0.39 is 0 Å². The summed E-state index contributed by atoms with van der Waals surface area (Å²) in [6.45, 7) is 0. The number of hydrogen-bond acceptors (Lipinski definition) is 2. The monoisotopic (exact) mass is 541 g/mol. The van der Waals surface area contributed by atoms with Crippen molar-refractivity contribution in [1.82, 2.24) is 0 Å². The highest BCUT2D eigenvalue weighted by Gasteiger charge is 2.12. The Morgan fingerprint density at radius 1 is 1.21 bits per heavy atom. The number of rotatable bonds is 2. The first kappa shape index (κ1) is 13.2. The van der Waals surface area contributed by atoms with Crippen molar-refractivity contribution in [1.29, 1.82) is 0 Å². The van der Waals surface area contributed by atoms with Crippen LogP contribution in [0, 0.1) is 10.7 Å².